The Bertz CT molecular complexity index is 735. The summed E-state index contributed by atoms with van der Waals surface area (Å²) in [6.45, 7) is 1.04. The van der Waals surface area contributed by atoms with Gasteiger partial charge in [0, 0.05) is 31.9 Å². The largest absolute Gasteiger partial charge is 0.388 e. The third kappa shape index (κ3) is 3.60. The number of aromatic nitrogens is 1. The van der Waals surface area contributed by atoms with E-state index in [1.165, 1.54) is 18.3 Å². The minimum Gasteiger partial charge on any atom is -0.388 e. The highest BCUT2D eigenvalue weighted by Gasteiger charge is 2.38. The summed E-state index contributed by atoms with van der Waals surface area (Å²) in [6.07, 6.45) is 4.02. The topological polar surface area (TPSA) is 79.5 Å². The molecule has 2 heterocycles. The highest BCUT2D eigenvalue weighted by Crippen LogP contribution is 2.27. The van der Waals surface area contributed by atoms with Gasteiger partial charge in [-0.05, 0) is 35.7 Å². The number of β-amino-alcohol motifs (C(OH)–C–C–N with tert-alkyl or cyclic N) is 1. The molecule has 1 atom stereocenters. The molecule has 2 aromatic rings. The normalized spacial score (nSPS) is 20.4. The molecule has 1 amide bonds. The molecule has 0 radical (unpaired) electrons. The summed E-state index contributed by atoms with van der Waals surface area (Å²) in [7, 11) is 0. The summed E-state index contributed by atoms with van der Waals surface area (Å²) in [4.78, 5) is 18.2. The molecule has 0 bridgehead atoms. The lowest BCUT2D eigenvalue weighted by molar-refractivity contribution is 0.0445. The summed E-state index contributed by atoms with van der Waals surface area (Å²) >= 11 is 0. The molecule has 1 fully saturated rings. The first-order chi connectivity index (χ1) is 11.5. The number of hydrogen-bond donors (Lipinski definition) is 2. The number of carbonyl (C=O) groups excluding carboxylic acids is 1. The number of halogens is 1. The first kappa shape index (κ1) is 16.5. The predicted octanol–water partition coefficient (Wildman–Crippen LogP) is 1.50. The van der Waals surface area contributed by atoms with Crippen molar-refractivity contribution in [3.05, 3.63) is 65.2 Å². The van der Waals surface area contributed by atoms with Crippen molar-refractivity contribution in [1.29, 1.82) is 0 Å². The molecule has 1 aliphatic rings. The second-order valence-electron chi connectivity index (χ2n) is 6.29. The van der Waals surface area contributed by atoms with Gasteiger partial charge in [0.05, 0.1) is 17.7 Å². The maximum absolute atomic E-state index is 13.0. The summed E-state index contributed by atoms with van der Waals surface area (Å²) in [5.41, 5.74) is 6.70. The zero-order chi connectivity index (χ0) is 17.2. The molecule has 0 spiro atoms. The van der Waals surface area contributed by atoms with Gasteiger partial charge in [0.2, 0.25) is 0 Å². The first-order valence-electron chi connectivity index (χ1n) is 7.89. The number of hydrogen-bond acceptors (Lipinski definition) is 4. The fourth-order valence-corrected chi connectivity index (χ4v) is 3.06. The van der Waals surface area contributed by atoms with Gasteiger partial charge in [0.25, 0.3) is 5.91 Å². The Balaban J connectivity index is 1.69. The number of nitrogens with two attached hydrogens (primary N) is 1. The van der Waals surface area contributed by atoms with Crippen molar-refractivity contribution in [2.45, 2.75) is 25.0 Å². The number of rotatable bonds is 4. The maximum atomic E-state index is 13.0. The molecule has 3 N–H and O–H groups in total. The molecular weight excluding hydrogens is 309 g/mol. The van der Waals surface area contributed by atoms with Gasteiger partial charge >= 0.3 is 0 Å². The van der Waals surface area contributed by atoms with Crippen molar-refractivity contribution < 1.29 is 14.3 Å². The van der Waals surface area contributed by atoms with E-state index in [1.807, 2.05) is 0 Å². The number of nitrogens with zero attached hydrogens (tertiary/aromatic N) is 2. The Morgan fingerprint density at radius 2 is 2.04 bits per heavy atom. The van der Waals surface area contributed by atoms with Crippen molar-refractivity contribution in [3.8, 4) is 0 Å². The fraction of sp³-hybridized carbons (Fsp3) is 0.333. The van der Waals surface area contributed by atoms with Crippen LogP contribution in [0, 0.1) is 5.82 Å². The third-order valence-corrected chi connectivity index (χ3v) is 4.34. The van der Waals surface area contributed by atoms with Crippen molar-refractivity contribution in [3.63, 3.8) is 0 Å². The van der Waals surface area contributed by atoms with Gasteiger partial charge in [-0.3, -0.25) is 9.78 Å². The number of likely N-dealkylation sites (tertiary alicyclic amines) is 1. The molecule has 3 rings (SSSR count). The van der Waals surface area contributed by atoms with Crippen molar-refractivity contribution >= 4 is 5.91 Å². The number of benzene rings is 1. The van der Waals surface area contributed by atoms with E-state index in [1.54, 1.807) is 29.3 Å². The second kappa shape index (κ2) is 6.67. The van der Waals surface area contributed by atoms with Crippen LogP contribution in [0.5, 0.6) is 0 Å². The minimum absolute atomic E-state index is 0.159. The monoisotopic (exact) mass is 329 g/mol. The molecule has 1 saturated heterocycles. The highest BCUT2D eigenvalue weighted by atomic mass is 19.1. The van der Waals surface area contributed by atoms with Crippen LogP contribution in [0.25, 0.3) is 0 Å². The first-order valence-corrected chi connectivity index (χ1v) is 7.89. The summed E-state index contributed by atoms with van der Waals surface area (Å²) < 4.78 is 13.0. The average Bonchev–Trinajstić information content (AvgIpc) is 2.98. The Morgan fingerprint density at radius 3 is 2.75 bits per heavy atom. The lowest BCUT2D eigenvalue weighted by Gasteiger charge is -2.23. The van der Waals surface area contributed by atoms with E-state index >= 15 is 0 Å². The molecule has 1 aliphatic heterocycles. The van der Waals surface area contributed by atoms with Crippen LogP contribution in [0.3, 0.4) is 0 Å². The number of pyridine rings is 1. The Kier molecular flexibility index (Phi) is 4.59. The van der Waals surface area contributed by atoms with E-state index in [-0.39, 0.29) is 18.3 Å². The van der Waals surface area contributed by atoms with Gasteiger partial charge in [-0.25, -0.2) is 4.39 Å². The maximum Gasteiger partial charge on any atom is 0.255 e. The van der Waals surface area contributed by atoms with Gasteiger partial charge in [0.1, 0.15) is 5.82 Å². The van der Waals surface area contributed by atoms with Crippen LogP contribution in [-0.2, 0) is 13.0 Å². The zero-order valence-electron chi connectivity index (χ0n) is 13.3. The second-order valence-corrected chi connectivity index (χ2v) is 6.29. The van der Waals surface area contributed by atoms with E-state index in [4.69, 9.17) is 5.73 Å². The van der Waals surface area contributed by atoms with Gasteiger partial charge in [0.15, 0.2) is 0 Å². The minimum atomic E-state index is -0.994. The smallest absolute Gasteiger partial charge is 0.255 e. The molecule has 5 nitrogen and oxygen atoms in total. The molecule has 1 unspecified atom stereocenters. The molecule has 1 aromatic heterocycles. The Morgan fingerprint density at radius 1 is 1.29 bits per heavy atom. The number of amides is 1. The van der Waals surface area contributed by atoms with Crippen LogP contribution >= 0.6 is 0 Å². The summed E-state index contributed by atoms with van der Waals surface area (Å²) in [5, 5.41) is 10.8. The van der Waals surface area contributed by atoms with Crippen molar-refractivity contribution in [2.75, 3.05) is 13.1 Å². The van der Waals surface area contributed by atoms with Crippen LogP contribution < -0.4 is 5.73 Å². The lowest BCUT2D eigenvalue weighted by atomic mass is 9.94. The zero-order valence-corrected chi connectivity index (χ0v) is 13.3. The van der Waals surface area contributed by atoms with Gasteiger partial charge in [-0.2, -0.15) is 0 Å². The molecule has 126 valence electrons. The molecule has 0 saturated carbocycles. The van der Waals surface area contributed by atoms with Crippen molar-refractivity contribution in [1.82, 2.24) is 9.88 Å². The van der Waals surface area contributed by atoms with E-state index < -0.39 is 5.60 Å². The van der Waals surface area contributed by atoms with Gasteiger partial charge in [-0.1, -0.05) is 12.1 Å². The van der Waals surface area contributed by atoms with Crippen LogP contribution in [0.1, 0.15) is 27.9 Å². The molecule has 0 aliphatic carbocycles. The highest BCUT2D eigenvalue weighted by molar-refractivity contribution is 5.94. The average molecular weight is 329 g/mol. The quantitative estimate of drug-likeness (QED) is 0.891. The molecule has 6 heteroatoms. The van der Waals surface area contributed by atoms with E-state index in [2.05, 4.69) is 4.98 Å². The Hall–Kier alpha value is -2.31. The Labute approximate surface area is 139 Å². The molecular formula is C18H20FN3O2. The molecule has 1 aromatic carbocycles. The number of carbonyl (C=O) groups is 1. The molecule has 24 heavy (non-hydrogen) atoms. The third-order valence-electron chi connectivity index (χ3n) is 4.34. The fourth-order valence-electron chi connectivity index (χ4n) is 3.06. The standard InChI is InChI=1S/C18H20FN3O2/c19-16-3-1-13(2-4-16)8-18(24)5-6-22(12-18)17(23)15-7-14(9-20)10-21-11-15/h1-4,7,10-11,24H,5-6,8-9,12,20H2. The van der Waals surface area contributed by atoms with Crippen molar-refractivity contribution in [2.24, 2.45) is 5.73 Å². The summed E-state index contributed by atoms with van der Waals surface area (Å²) in [5.74, 6) is -0.464. The SMILES string of the molecule is NCc1cncc(C(=O)N2CCC(O)(Cc3ccc(F)cc3)C2)c1. The van der Waals surface area contributed by atoms with E-state index in [9.17, 15) is 14.3 Å². The van der Waals surface area contributed by atoms with E-state index in [0.29, 0.717) is 31.5 Å². The van der Waals surface area contributed by atoms with Crippen LogP contribution in [0.2, 0.25) is 0 Å². The van der Waals surface area contributed by atoms with Crippen LogP contribution in [0.4, 0.5) is 4.39 Å². The number of aliphatic hydroxyl groups is 1. The van der Waals surface area contributed by atoms with Crippen LogP contribution in [-0.4, -0.2) is 39.6 Å². The predicted molar refractivity (Wildman–Crippen MR) is 87.7 cm³/mol. The van der Waals surface area contributed by atoms with Gasteiger partial charge < -0.3 is 15.7 Å². The summed E-state index contributed by atoms with van der Waals surface area (Å²) in [6, 6.07) is 7.80. The van der Waals surface area contributed by atoms with E-state index in [0.717, 1.165) is 11.1 Å². The lowest BCUT2D eigenvalue weighted by Crippen LogP contribution is -2.37. The van der Waals surface area contributed by atoms with Crippen LogP contribution in [0.15, 0.2) is 42.7 Å². The van der Waals surface area contributed by atoms with Gasteiger partial charge in [-0.15, -0.1) is 0 Å².